The summed E-state index contributed by atoms with van der Waals surface area (Å²) in [7, 11) is 1.81. The predicted octanol–water partition coefficient (Wildman–Crippen LogP) is 3.49. The third-order valence-electron chi connectivity index (χ3n) is 5.96. The van der Waals surface area contributed by atoms with Crippen LogP contribution in [-0.4, -0.2) is 54.9 Å². The monoisotopic (exact) mass is 484 g/mol. The van der Waals surface area contributed by atoms with Crippen molar-refractivity contribution in [3.63, 3.8) is 0 Å². The smallest absolute Gasteiger partial charge is 0.242 e. The van der Waals surface area contributed by atoms with Crippen LogP contribution in [0.4, 0.5) is 0 Å². The Morgan fingerprint density at radius 3 is 2.56 bits per heavy atom. The van der Waals surface area contributed by atoms with E-state index in [9.17, 15) is 4.79 Å². The van der Waals surface area contributed by atoms with Gasteiger partial charge in [-0.15, -0.1) is 24.0 Å². The van der Waals surface area contributed by atoms with Gasteiger partial charge in [-0.1, -0.05) is 43.2 Å². The Bertz CT molecular complexity index is 628. The number of nitrogens with one attached hydrogen (secondary N) is 1. The van der Waals surface area contributed by atoms with Crippen LogP contribution in [0, 0.1) is 5.41 Å². The van der Waals surface area contributed by atoms with Crippen molar-refractivity contribution < 1.29 is 4.79 Å². The van der Waals surface area contributed by atoms with Crippen LogP contribution in [0.25, 0.3) is 0 Å². The molecule has 0 aromatic heterocycles. The van der Waals surface area contributed by atoms with Gasteiger partial charge in [0.25, 0.3) is 0 Å². The molecule has 6 heteroatoms. The molecule has 27 heavy (non-hydrogen) atoms. The lowest BCUT2D eigenvalue weighted by Crippen LogP contribution is -2.46. The van der Waals surface area contributed by atoms with E-state index in [-0.39, 0.29) is 29.9 Å². The molecule has 1 aromatic rings. The van der Waals surface area contributed by atoms with Crippen LogP contribution in [0.1, 0.15) is 44.6 Å². The Morgan fingerprint density at radius 1 is 1.22 bits per heavy atom. The van der Waals surface area contributed by atoms with Crippen molar-refractivity contribution in [3.8, 4) is 0 Å². The molecule has 1 aromatic carbocycles. The average Bonchev–Trinajstić information content (AvgIpc) is 3.31. The first-order valence-corrected chi connectivity index (χ1v) is 9.93. The van der Waals surface area contributed by atoms with E-state index in [1.54, 1.807) is 0 Å². The van der Waals surface area contributed by atoms with E-state index < -0.39 is 0 Å². The third kappa shape index (κ3) is 5.59. The predicted molar refractivity (Wildman–Crippen MR) is 121 cm³/mol. The number of guanidine groups is 1. The van der Waals surface area contributed by atoms with E-state index in [4.69, 9.17) is 0 Å². The molecule has 1 N–H and O–H groups in total. The number of nitrogens with zero attached hydrogens (tertiary/aromatic N) is 3. The fraction of sp³-hybridized carbons (Fsp3) is 0.619. The zero-order valence-corrected chi connectivity index (χ0v) is 18.9. The van der Waals surface area contributed by atoms with Crippen LogP contribution in [0.3, 0.4) is 0 Å². The Hall–Kier alpha value is -1.31. The van der Waals surface area contributed by atoms with Crippen molar-refractivity contribution >= 4 is 35.8 Å². The molecule has 150 valence electrons. The van der Waals surface area contributed by atoms with Crippen molar-refractivity contribution in [1.82, 2.24) is 15.1 Å². The number of carbonyl (C=O) groups is 1. The van der Waals surface area contributed by atoms with Crippen LogP contribution >= 0.6 is 24.0 Å². The standard InChI is InChI=1S/C21H32N4O.HI/c1-3-24(16-18-9-5-4-6-10-18)19(26)15-23-20(22-2)25-14-13-21(17-25)11-7-8-12-21;/h4-6,9-10H,3,7-8,11-17H2,1-2H3,(H,22,23);1H. The number of likely N-dealkylation sites (N-methyl/N-ethyl adjacent to an activating group) is 1. The van der Waals surface area contributed by atoms with Gasteiger partial charge in [0.15, 0.2) is 5.96 Å². The molecule has 0 atom stereocenters. The van der Waals surface area contributed by atoms with E-state index in [1.165, 1.54) is 32.1 Å². The topological polar surface area (TPSA) is 47.9 Å². The molecule has 1 aliphatic carbocycles. The molecule has 1 aliphatic heterocycles. The third-order valence-corrected chi connectivity index (χ3v) is 5.96. The summed E-state index contributed by atoms with van der Waals surface area (Å²) in [5, 5.41) is 3.30. The van der Waals surface area contributed by atoms with Crippen LogP contribution in [0.5, 0.6) is 0 Å². The molecule has 1 heterocycles. The van der Waals surface area contributed by atoms with Gasteiger partial charge < -0.3 is 15.1 Å². The second-order valence-corrected chi connectivity index (χ2v) is 7.67. The maximum Gasteiger partial charge on any atom is 0.242 e. The van der Waals surface area contributed by atoms with Crippen molar-refractivity contribution in [2.45, 2.75) is 45.6 Å². The summed E-state index contributed by atoms with van der Waals surface area (Å²) in [6, 6.07) is 10.2. The molecule has 2 fully saturated rings. The van der Waals surface area contributed by atoms with E-state index >= 15 is 0 Å². The number of benzene rings is 1. The second kappa shape index (κ2) is 10.3. The molecular weight excluding hydrogens is 451 g/mol. The summed E-state index contributed by atoms with van der Waals surface area (Å²) in [4.78, 5) is 21.3. The lowest BCUT2D eigenvalue weighted by Gasteiger charge is -2.27. The first-order chi connectivity index (χ1) is 12.7. The summed E-state index contributed by atoms with van der Waals surface area (Å²) >= 11 is 0. The van der Waals surface area contributed by atoms with E-state index in [0.717, 1.165) is 24.6 Å². The van der Waals surface area contributed by atoms with Crippen molar-refractivity contribution in [2.24, 2.45) is 10.4 Å². The first kappa shape index (κ1) is 22.0. The summed E-state index contributed by atoms with van der Waals surface area (Å²) in [6.07, 6.45) is 6.68. The molecule has 0 bridgehead atoms. The van der Waals surface area contributed by atoms with Crippen molar-refractivity contribution in [1.29, 1.82) is 0 Å². The molecule has 1 spiro atoms. The van der Waals surface area contributed by atoms with Crippen molar-refractivity contribution in [3.05, 3.63) is 35.9 Å². The van der Waals surface area contributed by atoms with Gasteiger partial charge in [-0.3, -0.25) is 9.79 Å². The number of rotatable bonds is 5. The summed E-state index contributed by atoms with van der Waals surface area (Å²) in [5.41, 5.74) is 1.67. The van der Waals surface area contributed by atoms with Gasteiger partial charge in [-0.25, -0.2) is 0 Å². The number of amides is 1. The highest BCUT2D eigenvalue weighted by Crippen LogP contribution is 2.45. The van der Waals surface area contributed by atoms with E-state index in [0.29, 0.717) is 25.0 Å². The quantitative estimate of drug-likeness (QED) is 0.396. The fourth-order valence-electron chi connectivity index (χ4n) is 4.43. The van der Waals surface area contributed by atoms with Crippen molar-refractivity contribution in [2.75, 3.05) is 33.2 Å². The van der Waals surface area contributed by atoms with Crippen LogP contribution in [-0.2, 0) is 11.3 Å². The van der Waals surface area contributed by atoms with Crippen LogP contribution < -0.4 is 5.32 Å². The SMILES string of the molecule is CCN(Cc1ccccc1)C(=O)CNC(=NC)N1CCC2(CCCC2)C1.I. The highest BCUT2D eigenvalue weighted by Gasteiger charge is 2.41. The normalized spacial score (nSPS) is 18.4. The minimum atomic E-state index is 0. The summed E-state index contributed by atoms with van der Waals surface area (Å²) < 4.78 is 0. The van der Waals surface area contributed by atoms with Gasteiger partial charge in [0.05, 0.1) is 6.54 Å². The number of halogens is 1. The van der Waals surface area contributed by atoms with E-state index in [1.807, 2.05) is 37.1 Å². The first-order valence-electron chi connectivity index (χ1n) is 9.93. The average molecular weight is 484 g/mol. The van der Waals surface area contributed by atoms with Gasteiger partial charge in [-0.2, -0.15) is 0 Å². The van der Waals surface area contributed by atoms with Gasteiger partial charge in [0, 0.05) is 33.2 Å². The highest BCUT2D eigenvalue weighted by molar-refractivity contribution is 14.0. The zero-order valence-electron chi connectivity index (χ0n) is 16.6. The highest BCUT2D eigenvalue weighted by atomic mass is 127. The zero-order chi connectivity index (χ0) is 18.4. The number of likely N-dealkylation sites (tertiary alicyclic amines) is 1. The maximum absolute atomic E-state index is 12.7. The number of carbonyl (C=O) groups excluding carboxylic acids is 1. The van der Waals surface area contributed by atoms with Gasteiger partial charge in [0.1, 0.15) is 0 Å². The molecule has 1 saturated carbocycles. The molecule has 0 radical (unpaired) electrons. The molecular formula is C21H33IN4O. The fourth-order valence-corrected chi connectivity index (χ4v) is 4.43. The molecule has 3 rings (SSSR count). The minimum Gasteiger partial charge on any atom is -0.347 e. The van der Waals surface area contributed by atoms with Crippen LogP contribution in [0.2, 0.25) is 0 Å². The van der Waals surface area contributed by atoms with E-state index in [2.05, 4.69) is 27.3 Å². The Balaban J connectivity index is 0.00000261. The molecule has 1 amide bonds. The molecule has 0 unspecified atom stereocenters. The number of hydrogen-bond acceptors (Lipinski definition) is 2. The Kier molecular flexibility index (Phi) is 8.38. The molecule has 1 saturated heterocycles. The largest absolute Gasteiger partial charge is 0.347 e. The van der Waals surface area contributed by atoms with Crippen LogP contribution in [0.15, 0.2) is 35.3 Å². The Labute approximate surface area is 180 Å². The summed E-state index contributed by atoms with van der Waals surface area (Å²) in [5.74, 6) is 0.991. The number of aliphatic imine (C=N–C) groups is 1. The van der Waals surface area contributed by atoms with Gasteiger partial charge in [-0.05, 0) is 37.2 Å². The van der Waals surface area contributed by atoms with Gasteiger partial charge >= 0.3 is 0 Å². The lowest BCUT2D eigenvalue weighted by atomic mass is 9.86. The maximum atomic E-state index is 12.7. The molecule has 5 nitrogen and oxygen atoms in total. The summed E-state index contributed by atoms with van der Waals surface area (Å²) in [6.45, 7) is 5.83. The molecule has 2 aliphatic rings. The lowest BCUT2D eigenvalue weighted by molar-refractivity contribution is -0.130. The Morgan fingerprint density at radius 2 is 1.93 bits per heavy atom. The van der Waals surface area contributed by atoms with Gasteiger partial charge in [0.2, 0.25) is 5.91 Å². The minimum absolute atomic E-state index is 0. The number of hydrogen-bond donors (Lipinski definition) is 1. The second-order valence-electron chi connectivity index (χ2n) is 7.67.